The minimum Gasteiger partial charge on any atom is -0.493 e. The first-order valence-electron chi connectivity index (χ1n) is 6.74. The highest BCUT2D eigenvalue weighted by atomic mass is 16.5. The normalized spacial score (nSPS) is 22.4. The van der Waals surface area contributed by atoms with Crippen molar-refractivity contribution in [2.45, 2.75) is 26.3 Å². The molecule has 1 aromatic rings. The minimum atomic E-state index is 0.404. The number of rotatable bonds is 5. The van der Waals surface area contributed by atoms with Crippen LogP contribution in [-0.4, -0.2) is 26.9 Å². The highest BCUT2D eigenvalue weighted by molar-refractivity contribution is 5.41. The van der Waals surface area contributed by atoms with E-state index >= 15 is 0 Å². The number of hydrogen-bond acceptors (Lipinski definition) is 3. The van der Waals surface area contributed by atoms with Gasteiger partial charge in [-0.3, -0.25) is 0 Å². The van der Waals surface area contributed by atoms with Crippen LogP contribution in [0.4, 0.5) is 0 Å². The highest BCUT2D eigenvalue weighted by Gasteiger charge is 2.27. The van der Waals surface area contributed by atoms with Crippen molar-refractivity contribution in [3.63, 3.8) is 0 Å². The lowest BCUT2D eigenvalue weighted by Gasteiger charge is -2.32. The van der Waals surface area contributed by atoms with Crippen molar-refractivity contribution < 1.29 is 9.47 Å². The van der Waals surface area contributed by atoms with Crippen molar-refractivity contribution in [1.82, 2.24) is 5.32 Å². The van der Waals surface area contributed by atoms with E-state index in [2.05, 4.69) is 37.4 Å². The van der Waals surface area contributed by atoms with Crippen molar-refractivity contribution in [1.29, 1.82) is 0 Å². The van der Waals surface area contributed by atoms with E-state index in [1.807, 2.05) is 0 Å². The van der Waals surface area contributed by atoms with Crippen LogP contribution in [0.15, 0.2) is 18.2 Å². The van der Waals surface area contributed by atoms with Crippen molar-refractivity contribution in [2.75, 3.05) is 26.9 Å². The number of nitrogens with one attached hydrogen (secondary N) is 1. The van der Waals surface area contributed by atoms with Crippen molar-refractivity contribution >= 4 is 0 Å². The van der Waals surface area contributed by atoms with Crippen LogP contribution in [0.3, 0.4) is 0 Å². The first-order chi connectivity index (χ1) is 8.76. The van der Waals surface area contributed by atoms with Gasteiger partial charge in [0.15, 0.2) is 0 Å². The molecule has 0 radical (unpaired) electrons. The van der Waals surface area contributed by atoms with Gasteiger partial charge in [-0.25, -0.2) is 0 Å². The Morgan fingerprint density at radius 2 is 2.28 bits per heavy atom. The van der Waals surface area contributed by atoms with E-state index in [1.54, 1.807) is 7.11 Å². The van der Waals surface area contributed by atoms with Gasteiger partial charge in [-0.15, -0.1) is 0 Å². The summed E-state index contributed by atoms with van der Waals surface area (Å²) in [6, 6.07) is 6.89. The van der Waals surface area contributed by atoms with Crippen molar-refractivity contribution in [2.24, 2.45) is 5.92 Å². The molecule has 2 atom stereocenters. The molecule has 1 aliphatic heterocycles. The number of fused-ring (bicyclic) bond motifs is 1. The van der Waals surface area contributed by atoms with Gasteiger partial charge in [-0.2, -0.15) is 0 Å². The summed E-state index contributed by atoms with van der Waals surface area (Å²) < 4.78 is 10.9. The summed E-state index contributed by atoms with van der Waals surface area (Å²) in [6.45, 7) is 6.93. The summed E-state index contributed by atoms with van der Waals surface area (Å²) in [5, 5.41) is 3.56. The van der Waals surface area contributed by atoms with E-state index in [9.17, 15) is 0 Å². The first-order valence-corrected chi connectivity index (χ1v) is 6.74. The molecule has 100 valence electrons. The van der Waals surface area contributed by atoms with E-state index in [1.165, 1.54) is 11.1 Å². The van der Waals surface area contributed by atoms with Crippen LogP contribution in [0.25, 0.3) is 0 Å². The molecular formula is C15H23NO2. The number of benzene rings is 1. The van der Waals surface area contributed by atoms with Gasteiger partial charge < -0.3 is 14.8 Å². The van der Waals surface area contributed by atoms with Gasteiger partial charge in [0.25, 0.3) is 0 Å². The third-order valence-corrected chi connectivity index (χ3v) is 3.50. The summed E-state index contributed by atoms with van der Waals surface area (Å²) >= 11 is 0. The minimum absolute atomic E-state index is 0.404. The molecule has 1 aromatic carbocycles. The monoisotopic (exact) mass is 249 g/mol. The lowest BCUT2D eigenvalue weighted by molar-refractivity contribution is 0.189. The highest BCUT2D eigenvalue weighted by Crippen LogP contribution is 2.35. The molecule has 3 heteroatoms. The molecule has 0 fully saturated rings. The fraction of sp³-hybridized carbons (Fsp3) is 0.600. The van der Waals surface area contributed by atoms with Gasteiger partial charge >= 0.3 is 0 Å². The van der Waals surface area contributed by atoms with Crippen LogP contribution in [0.1, 0.15) is 31.0 Å². The summed E-state index contributed by atoms with van der Waals surface area (Å²) in [7, 11) is 1.74. The van der Waals surface area contributed by atoms with Crippen molar-refractivity contribution in [3.8, 4) is 5.75 Å². The summed E-state index contributed by atoms with van der Waals surface area (Å²) in [4.78, 5) is 0. The Morgan fingerprint density at radius 1 is 1.44 bits per heavy atom. The molecule has 0 aliphatic carbocycles. The van der Waals surface area contributed by atoms with Crippen LogP contribution in [0.2, 0.25) is 0 Å². The van der Waals surface area contributed by atoms with Crippen LogP contribution < -0.4 is 10.1 Å². The Balaban J connectivity index is 2.23. The molecule has 0 saturated heterocycles. The van der Waals surface area contributed by atoms with Crippen molar-refractivity contribution in [3.05, 3.63) is 29.3 Å². The van der Waals surface area contributed by atoms with E-state index in [-0.39, 0.29) is 0 Å². The summed E-state index contributed by atoms with van der Waals surface area (Å²) in [5.41, 5.74) is 2.61. The number of hydrogen-bond donors (Lipinski definition) is 1. The molecule has 2 rings (SSSR count). The van der Waals surface area contributed by atoms with Gasteiger partial charge in [-0.1, -0.05) is 26.0 Å². The molecule has 1 heterocycles. The first kappa shape index (κ1) is 13.4. The zero-order chi connectivity index (χ0) is 13.0. The Bertz CT molecular complexity index is 392. The topological polar surface area (TPSA) is 30.5 Å². The molecule has 0 amide bonds. The van der Waals surface area contributed by atoms with Gasteiger partial charge in [-0.05, 0) is 24.6 Å². The molecule has 0 spiro atoms. The third kappa shape index (κ3) is 2.85. The molecule has 1 aliphatic rings. The zero-order valence-corrected chi connectivity index (χ0v) is 11.5. The van der Waals surface area contributed by atoms with Crippen LogP contribution in [0, 0.1) is 5.92 Å². The van der Waals surface area contributed by atoms with E-state index in [4.69, 9.17) is 9.47 Å². The molecule has 2 unspecified atom stereocenters. The maximum Gasteiger partial charge on any atom is 0.124 e. The summed E-state index contributed by atoms with van der Waals surface area (Å²) in [5.74, 6) is 1.54. The lowest BCUT2D eigenvalue weighted by Crippen LogP contribution is -2.33. The maximum absolute atomic E-state index is 5.80. The fourth-order valence-corrected chi connectivity index (χ4v) is 2.50. The van der Waals surface area contributed by atoms with Crippen LogP contribution >= 0.6 is 0 Å². The molecule has 0 aromatic heterocycles. The van der Waals surface area contributed by atoms with E-state index in [0.717, 1.165) is 31.9 Å². The fourth-order valence-electron chi connectivity index (χ4n) is 2.50. The van der Waals surface area contributed by atoms with Gasteiger partial charge in [0, 0.05) is 24.6 Å². The largest absolute Gasteiger partial charge is 0.493 e. The Morgan fingerprint density at radius 3 is 3.00 bits per heavy atom. The second kappa shape index (κ2) is 6.21. The second-order valence-corrected chi connectivity index (χ2v) is 4.94. The van der Waals surface area contributed by atoms with Crippen LogP contribution in [0.5, 0.6) is 5.75 Å². The molecular weight excluding hydrogens is 226 g/mol. The standard InChI is InChI=1S/C15H23NO2/c1-4-16-15-11(2)10-18-14-6-5-12(7-8-17-3)9-13(14)15/h5-6,9,11,15-16H,4,7-8,10H2,1-3H3. The average molecular weight is 249 g/mol. The Labute approximate surface area is 109 Å². The maximum atomic E-state index is 5.80. The third-order valence-electron chi connectivity index (χ3n) is 3.50. The predicted molar refractivity (Wildman–Crippen MR) is 73.1 cm³/mol. The molecule has 1 N–H and O–H groups in total. The zero-order valence-electron chi connectivity index (χ0n) is 11.5. The predicted octanol–water partition coefficient (Wildman–Crippen LogP) is 2.55. The lowest BCUT2D eigenvalue weighted by atomic mass is 9.90. The SMILES string of the molecule is CCNC1c2cc(CCOC)ccc2OCC1C. The summed E-state index contributed by atoms with van der Waals surface area (Å²) in [6.07, 6.45) is 0.955. The Kier molecular flexibility index (Phi) is 4.61. The molecule has 0 saturated carbocycles. The van der Waals surface area contributed by atoms with E-state index in [0.29, 0.717) is 12.0 Å². The van der Waals surface area contributed by atoms with Crippen LogP contribution in [-0.2, 0) is 11.2 Å². The smallest absolute Gasteiger partial charge is 0.124 e. The second-order valence-electron chi connectivity index (χ2n) is 4.94. The average Bonchev–Trinajstić information content (AvgIpc) is 2.39. The Hall–Kier alpha value is -1.06. The molecule has 0 bridgehead atoms. The van der Waals surface area contributed by atoms with Gasteiger partial charge in [0.1, 0.15) is 5.75 Å². The number of methoxy groups -OCH3 is 1. The van der Waals surface area contributed by atoms with E-state index < -0.39 is 0 Å². The number of ether oxygens (including phenoxy) is 2. The molecule has 3 nitrogen and oxygen atoms in total. The van der Waals surface area contributed by atoms with Gasteiger partial charge in [0.05, 0.1) is 13.2 Å². The molecule has 18 heavy (non-hydrogen) atoms. The quantitative estimate of drug-likeness (QED) is 0.870. The van der Waals surface area contributed by atoms with Gasteiger partial charge in [0.2, 0.25) is 0 Å².